The van der Waals surface area contributed by atoms with Gasteiger partial charge in [-0.15, -0.1) is 0 Å². The summed E-state index contributed by atoms with van der Waals surface area (Å²) in [6, 6.07) is 17.7. The van der Waals surface area contributed by atoms with Crippen LogP contribution in [0, 0.1) is 5.82 Å². The molecule has 3 amide bonds. The molecule has 1 unspecified atom stereocenters. The molecule has 1 saturated heterocycles. The Bertz CT molecular complexity index is 1500. The van der Waals surface area contributed by atoms with Crippen molar-refractivity contribution in [1.82, 2.24) is 14.5 Å². The Morgan fingerprint density at radius 3 is 2.58 bits per heavy atom. The van der Waals surface area contributed by atoms with Crippen molar-refractivity contribution in [2.45, 2.75) is 43.2 Å². The molecule has 3 aromatic rings. The molecule has 1 aliphatic heterocycles. The summed E-state index contributed by atoms with van der Waals surface area (Å²) in [6.07, 6.45) is 2.13. The summed E-state index contributed by atoms with van der Waals surface area (Å²) in [6.45, 7) is 0.823. The van der Waals surface area contributed by atoms with Crippen LogP contribution < -0.4 is 4.72 Å². The zero-order valence-corrected chi connectivity index (χ0v) is 23.0. The van der Waals surface area contributed by atoms with Gasteiger partial charge in [0.05, 0.1) is 11.4 Å². The number of nitrogens with zero attached hydrogens (tertiary/aromatic N) is 2. The van der Waals surface area contributed by atoms with Gasteiger partial charge in [0.15, 0.2) is 0 Å². The highest BCUT2D eigenvalue weighted by Gasteiger charge is 2.35. The molecule has 0 aromatic heterocycles. The van der Waals surface area contributed by atoms with Gasteiger partial charge in [0, 0.05) is 36.4 Å². The lowest BCUT2D eigenvalue weighted by Crippen LogP contribution is -2.52. The van der Waals surface area contributed by atoms with Gasteiger partial charge in [-0.05, 0) is 71.5 Å². The van der Waals surface area contributed by atoms with Crippen molar-refractivity contribution in [3.8, 4) is 0 Å². The van der Waals surface area contributed by atoms with E-state index in [-0.39, 0.29) is 42.3 Å². The minimum atomic E-state index is -3.89. The highest BCUT2D eigenvalue weighted by atomic mass is 79.9. The van der Waals surface area contributed by atoms with Gasteiger partial charge in [-0.25, -0.2) is 22.3 Å². The number of benzene rings is 3. The number of aryl methyl sites for hydroxylation is 1. The second kappa shape index (κ2) is 11.0. The lowest BCUT2D eigenvalue weighted by molar-refractivity contribution is -0.131. The van der Waals surface area contributed by atoms with Crippen LogP contribution in [0.2, 0.25) is 0 Å². The monoisotopic (exact) mass is 599 g/mol. The summed E-state index contributed by atoms with van der Waals surface area (Å²) in [7, 11) is -3.89. The first-order valence-electron chi connectivity index (χ1n) is 12.4. The third-order valence-electron chi connectivity index (χ3n) is 7.05. The Balaban J connectivity index is 1.27. The number of amides is 3. The number of hydrogen-bond donors (Lipinski definition) is 1. The van der Waals surface area contributed by atoms with Crippen molar-refractivity contribution in [1.29, 1.82) is 0 Å². The summed E-state index contributed by atoms with van der Waals surface area (Å²) in [4.78, 5) is 29.0. The minimum absolute atomic E-state index is 0.00823. The molecule has 38 heavy (non-hydrogen) atoms. The van der Waals surface area contributed by atoms with Crippen LogP contribution in [0.3, 0.4) is 0 Å². The number of carbonyl (C=O) groups is 2. The van der Waals surface area contributed by atoms with Crippen molar-refractivity contribution in [3.05, 3.63) is 99.3 Å². The average molecular weight is 601 g/mol. The standard InChI is InChI=1S/C28H27BrFN3O4S/c29-23-9-10-26-21(15-23)7-8-22(26)18-32-12-11-27(34)33(28(32)35)17-20-4-2-6-25(14-20)38(36,37)31-16-19-3-1-5-24(30)13-19/h1-6,9-10,13-15,22,31H,7-8,11-12,16-18H2. The molecular weight excluding hydrogens is 573 g/mol. The van der Waals surface area contributed by atoms with E-state index >= 15 is 0 Å². The fourth-order valence-corrected chi connectivity index (χ4v) is 6.59. The van der Waals surface area contributed by atoms with Gasteiger partial charge >= 0.3 is 6.03 Å². The molecule has 3 aromatic carbocycles. The minimum Gasteiger partial charge on any atom is -0.323 e. The van der Waals surface area contributed by atoms with Gasteiger partial charge in [-0.2, -0.15) is 0 Å². The van der Waals surface area contributed by atoms with Crippen molar-refractivity contribution >= 4 is 37.9 Å². The third kappa shape index (κ3) is 5.82. The van der Waals surface area contributed by atoms with Gasteiger partial charge in [0.2, 0.25) is 15.9 Å². The van der Waals surface area contributed by atoms with E-state index in [2.05, 4.69) is 32.8 Å². The van der Waals surface area contributed by atoms with E-state index in [9.17, 15) is 22.4 Å². The van der Waals surface area contributed by atoms with Crippen LogP contribution >= 0.6 is 15.9 Å². The molecule has 0 saturated carbocycles. The fraction of sp³-hybridized carbons (Fsp3) is 0.286. The van der Waals surface area contributed by atoms with E-state index in [1.807, 2.05) is 6.07 Å². The van der Waals surface area contributed by atoms with E-state index in [0.717, 1.165) is 17.3 Å². The molecule has 1 heterocycles. The Labute approximate surface area is 229 Å². The normalized spacial score (nSPS) is 17.7. The van der Waals surface area contributed by atoms with Crippen molar-refractivity contribution < 1.29 is 22.4 Å². The Kier molecular flexibility index (Phi) is 7.65. The van der Waals surface area contributed by atoms with E-state index in [0.29, 0.717) is 24.2 Å². The molecular formula is C28H27BrFN3O4S. The van der Waals surface area contributed by atoms with Gasteiger partial charge in [0.25, 0.3) is 0 Å². The number of carbonyl (C=O) groups excluding carboxylic acids is 2. The van der Waals surface area contributed by atoms with Gasteiger partial charge in [-0.1, -0.05) is 46.3 Å². The average Bonchev–Trinajstić information content (AvgIpc) is 3.29. The van der Waals surface area contributed by atoms with Crippen LogP contribution in [0.25, 0.3) is 0 Å². The van der Waals surface area contributed by atoms with E-state index in [4.69, 9.17) is 0 Å². The lowest BCUT2D eigenvalue weighted by Gasteiger charge is -2.35. The quantitative estimate of drug-likeness (QED) is 0.397. The second-order valence-corrected chi connectivity index (χ2v) is 12.3. The number of urea groups is 1. The summed E-state index contributed by atoms with van der Waals surface area (Å²) in [5.41, 5.74) is 3.55. The predicted octanol–water partition coefficient (Wildman–Crippen LogP) is 4.95. The number of rotatable bonds is 8. The molecule has 10 heteroatoms. The molecule has 1 N–H and O–H groups in total. The molecule has 1 fully saturated rings. The van der Waals surface area contributed by atoms with Crippen LogP contribution in [-0.2, 0) is 34.3 Å². The first-order valence-corrected chi connectivity index (χ1v) is 14.7. The van der Waals surface area contributed by atoms with Crippen LogP contribution in [0.15, 0.2) is 76.1 Å². The highest BCUT2D eigenvalue weighted by molar-refractivity contribution is 9.10. The first kappa shape index (κ1) is 26.5. The topological polar surface area (TPSA) is 86.8 Å². The number of imide groups is 1. The summed E-state index contributed by atoms with van der Waals surface area (Å²) < 4.78 is 42.7. The van der Waals surface area contributed by atoms with Gasteiger partial charge in [0.1, 0.15) is 5.82 Å². The second-order valence-electron chi connectivity index (χ2n) is 9.64. The summed E-state index contributed by atoms with van der Waals surface area (Å²) >= 11 is 3.51. The molecule has 2 aliphatic rings. The number of halogens is 2. The molecule has 1 aliphatic carbocycles. The van der Waals surface area contributed by atoms with E-state index in [1.54, 1.807) is 23.1 Å². The fourth-order valence-electron chi connectivity index (χ4n) is 5.10. The summed E-state index contributed by atoms with van der Waals surface area (Å²) in [5.74, 6) is -0.506. The zero-order chi connectivity index (χ0) is 26.9. The van der Waals surface area contributed by atoms with Crippen LogP contribution in [-0.4, -0.2) is 43.2 Å². The van der Waals surface area contributed by atoms with Gasteiger partial charge < -0.3 is 4.90 Å². The molecule has 0 radical (unpaired) electrons. The number of fused-ring (bicyclic) bond motifs is 1. The predicted molar refractivity (Wildman–Crippen MR) is 144 cm³/mol. The molecule has 7 nitrogen and oxygen atoms in total. The van der Waals surface area contributed by atoms with E-state index < -0.39 is 15.8 Å². The first-order chi connectivity index (χ1) is 18.2. The molecule has 0 spiro atoms. The Hall–Kier alpha value is -3.08. The van der Waals surface area contributed by atoms with Crippen LogP contribution in [0.1, 0.15) is 41.0 Å². The highest BCUT2D eigenvalue weighted by Crippen LogP contribution is 2.36. The smallest absolute Gasteiger partial charge is 0.323 e. The maximum absolute atomic E-state index is 13.4. The third-order valence-corrected chi connectivity index (χ3v) is 8.94. The maximum atomic E-state index is 13.4. The Morgan fingerprint density at radius 1 is 0.974 bits per heavy atom. The van der Waals surface area contributed by atoms with Crippen molar-refractivity contribution in [2.75, 3.05) is 13.1 Å². The molecule has 0 bridgehead atoms. The van der Waals surface area contributed by atoms with Gasteiger partial charge in [-0.3, -0.25) is 9.69 Å². The molecule has 1 atom stereocenters. The van der Waals surface area contributed by atoms with Crippen molar-refractivity contribution in [2.24, 2.45) is 0 Å². The number of hydrogen-bond acceptors (Lipinski definition) is 4. The SMILES string of the molecule is O=C1CCN(CC2CCc3cc(Br)ccc32)C(=O)N1Cc1cccc(S(=O)(=O)NCc2cccc(F)c2)c1. The molecule has 5 rings (SSSR count). The summed E-state index contributed by atoms with van der Waals surface area (Å²) in [5, 5.41) is 0. The Morgan fingerprint density at radius 2 is 1.76 bits per heavy atom. The maximum Gasteiger partial charge on any atom is 0.327 e. The van der Waals surface area contributed by atoms with E-state index in [1.165, 1.54) is 46.4 Å². The lowest BCUT2D eigenvalue weighted by atomic mass is 10.0. The van der Waals surface area contributed by atoms with Crippen molar-refractivity contribution in [3.63, 3.8) is 0 Å². The number of sulfonamides is 1. The zero-order valence-electron chi connectivity index (χ0n) is 20.6. The number of nitrogens with one attached hydrogen (secondary N) is 1. The van der Waals surface area contributed by atoms with Crippen LogP contribution in [0.5, 0.6) is 0 Å². The molecule has 198 valence electrons. The largest absolute Gasteiger partial charge is 0.327 e. The van der Waals surface area contributed by atoms with Crippen LogP contribution in [0.4, 0.5) is 9.18 Å².